The fraction of sp³-hybridized carbons (Fsp3) is 0.588. The summed E-state index contributed by atoms with van der Waals surface area (Å²) in [7, 11) is 4.04. The van der Waals surface area contributed by atoms with Gasteiger partial charge in [-0.1, -0.05) is 30.3 Å². The van der Waals surface area contributed by atoms with Gasteiger partial charge in [-0.2, -0.15) is 0 Å². The molecule has 1 aliphatic rings. The van der Waals surface area contributed by atoms with Crippen LogP contribution in [-0.2, 0) is 0 Å². The molecule has 124 valence electrons. The molecule has 2 unspecified atom stereocenters. The van der Waals surface area contributed by atoms with Crippen molar-refractivity contribution < 1.29 is 0 Å². The van der Waals surface area contributed by atoms with Gasteiger partial charge in [0.15, 0.2) is 5.96 Å². The molecule has 0 aliphatic heterocycles. The Morgan fingerprint density at radius 3 is 2.45 bits per heavy atom. The zero-order valence-electron chi connectivity index (χ0n) is 14.0. The lowest BCUT2D eigenvalue weighted by atomic mass is 10.1. The molecule has 0 spiro atoms. The highest BCUT2D eigenvalue weighted by atomic mass is 127. The van der Waals surface area contributed by atoms with Crippen LogP contribution in [0.4, 0.5) is 0 Å². The molecule has 1 aromatic rings. The Hall–Kier alpha value is -0.820. The van der Waals surface area contributed by atoms with Crippen molar-refractivity contribution in [1.82, 2.24) is 15.5 Å². The number of nitrogens with one attached hydrogen (secondary N) is 2. The van der Waals surface area contributed by atoms with Crippen LogP contribution in [-0.4, -0.2) is 43.6 Å². The Bertz CT molecular complexity index is 459. The zero-order chi connectivity index (χ0) is 15.2. The first-order valence-electron chi connectivity index (χ1n) is 7.86. The lowest BCUT2D eigenvalue weighted by Gasteiger charge is -2.26. The molecule has 5 heteroatoms. The maximum Gasteiger partial charge on any atom is 0.191 e. The minimum Gasteiger partial charge on any atom is -0.355 e. The fourth-order valence-corrected chi connectivity index (χ4v) is 2.45. The number of guanidine groups is 1. The average molecular weight is 416 g/mol. The van der Waals surface area contributed by atoms with E-state index in [0.29, 0.717) is 6.04 Å². The average Bonchev–Trinajstić information content (AvgIpc) is 3.35. The molecule has 0 bridgehead atoms. The molecule has 1 saturated carbocycles. The van der Waals surface area contributed by atoms with Gasteiger partial charge >= 0.3 is 0 Å². The summed E-state index contributed by atoms with van der Waals surface area (Å²) < 4.78 is 0. The molecule has 0 radical (unpaired) electrons. The maximum absolute atomic E-state index is 4.32. The van der Waals surface area contributed by atoms with Crippen LogP contribution in [0.2, 0.25) is 0 Å². The van der Waals surface area contributed by atoms with E-state index < -0.39 is 0 Å². The van der Waals surface area contributed by atoms with Crippen LogP contribution in [0, 0.1) is 0 Å². The number of likely N-dealkylation sites (N-methyl/N-ethyl adjacent to an activating group) is 1. The quantitative estimate of drug-likeness (QED) is 0.426. The molecule has 2 atom stereocenters. The predicted octanol–water partition coefficient (Wildman–Crippen LogP) is 3.01. The van der Waals surface area contributed by atoms with Gasteiger partial charge in [-0.05, 0) is 39.3 Å². The third-order valence-electron chi connectivity index (χ3n) is 4.26. The number of hydrogen-bond acceptors (Lipinski definition) is 2. The molecule has 1 aromatic carbocycles. The summed E-state index contributed by atoms with van der Waals surface area (Å²) in [5.74, 6) is 0.863. The van der Waals surface area contributed by atoms with E-state index in [2.05, 4.69) is 65.7 Å². The van der Waals surface area contributed by atoms with E-state index >= 15 is 0 Å². The molecule has 22 heavy (non-hydrogen) atoms. The van der Waals surface area contributed by atoms with Gasteiger partial charge in [0.2, 0.25) is 0 Å². The Kier molecular flexibility index (Phi) is 8.17. The second-order valence-electron chi connectivity index (χ2n) is 5.98. The van der Waals surface area contributed by atoms with Crippen LogP contribution in [0.25, 0.3) is 0 Å². The first-order valence-corrected chi connectivity index (χ1v) is 7.86. The highest BCUT2D eigenvalue weighted by Crippen LogP contribution is 2.26. The summed E-state index contributed by atoms with van der Waals surface area (Å²) in [6, 6.07) is 12.0. The van der Waals surface area contributed by atoms with Crippen molar-refractivity contribution in [3.63, 3.8) is 0 Å². The van der Waals surface area contributed by atoms with E-state index in [1.165, 1.54) is 18.4 Å². The third kappa shape index (κ3) is 5.76. The lowest BCUT2D eigenvalue weighted by Crippen LogP contribution is -2.46. The van der Waals surface area contributed by atoms with Crippen LogP contribution in [0.5, 0.6) is 0 Å². The highest BCUT2D eigenvalue weighted by molar-refractivity contribution is 14.0. The van der Waals surface area contributed by atoms with Gasteiger partial charge in [-0.15, -0.1) is 24.0 Å². The number of nitrogens with zero attached hydrogens (tertiary/aromatic N) is 2. The van der Waals surface area contributed by atoms with Crippen molar-refractivity contribution in [3.8, 4) is 0 Å². The number of aliphatic imine (C=N–C) groups is 1. The molecule has 0 heterocycles. The lowest BCUT2D eigenvalue weighted by molar-refractivity contribution is 0.247. The van der Waals surface area contributed by atoms with Crippen LogP contribution >= 0.6 is 24.0 Å². The Morgan fingerprint density at radius 2 is 1.91 bits per heavy atom. The van der Waals surface area contributed by atoms with Gasteiger partial charge in [-0.25, -0.2) is 0 Å². The largest absolute Gasteiger partial charge is 0.355 e. The molecule has 2 rings (SSSR count). The van der Waals surface area contributed by atoms with E-state index in [9.17, 15) is 0 Å². The van der Waals surface area contributed by atoms with Gasteiger partial charge in [-0.3, -0.25) is 9.89 Å². The van der Waals surface area contributed by atoms with Crippen LogP contribution in [0.15, 0.2) is 35.3 Å². The van der Waals surface area contributed by atoms with Crippen molar-refractivity contribution in [2.45, 2.75) is 44.8 Å². The first-order chi connectivity index (χ1) is 10.1. The second kappa shape index (κ2) is 9.35. The third-order valence-corrected chi connectivity index (χ3v) is 4.26. The maximum atomic E-state index is 4.32. The number of halogens is 1. The Balaban J connectivity index is 0.00000242. The van der Waals surface area contributed by atoms with Crippen LogP contribution in [0.1, 0.15) is 38.3 Å². The van der Waals surface area contributed by atoms with E-state index in [1.54, 1.807) is 0 Å². The molecular formula is C17H29IN4. The monoisotopic (exact) mass is 416 g/mol. The summed E-state index contributed by atoms with van der Waals surface area (Å²) in [6.07, 6.45) is 2.69. The molecular weight excluding hydrogens is 387 g/mol. The van der Waals surface area contributed by atoms with Gasteiger partial charge in [0, 0.05) is 25.7 Å². The number of rotatable bonds is 6. The standard InChI is InChI=1S/C17H28N4.HI/c1-13(21(4)16-10-11-16)12-19-17(18-3)20-14(2)15-8-6-5-7-9-15;/h5-9,13-14,16H,10-12H2,1-4H3,(H2,18,19,20);1H. The Morgan fingerprint density at radius 1 is 1.27 bits per heavy atom. The van der Waals surface area contributed by atoms with Crippen molar-refractivity contribution in [2.75, 3.05) is 20.6 Å². The summed E-state index contributed by atoms with van der Waals surface area (Å²) in [5.41, 5.74) is 1.27. The van der Waals surface area contributed by atoms with Gasteiger partial charge in [0.25, 0.3) is 0 Å². The first kappa shape index (κ1) is 19.2. The summed E-state index contributed by atoms with van der Waals surface area (Å²) in [4.78, 5) is 6.78. The topological polar surface area (TPSA) is 39.7 Å². The van der Waals surface area contributed by atoms with Crippen molar-refractivity contribution >= 4 is 29.9 Å². The minimum atomic E-state index is 0. The van der Waals surface area contributed by atoms with Gasteiger partial charge < -0.3 is 10.6 Å². The predicted molar refractivity (Wildman–Crippen MR) is 105 cm³/mol. The molecule has 2 N–H and O–H groups in total. The van der Waals surface area contributed by atoms with E-state index in [0.717, 1.165) is 18.5 Å². The molecule has 1 aliphatic carbocycles. The number of hydrogen-bond donors (Lipinski definition) is 2. The summed E-state index contributed by atoms with van der Waals surface area (Å²) in [5, 5.41) is 6.87. The SMILES string of the molecule is CN=C(NCC(C)N(C)C1CC1)NC(C)c1ccccc1.I. The van der Waals surface area contributed by atoms with E-state index in [4.69, 9.17) is 0 Å². The van der Waals surface area contributed by atoms with Crippen LogP contribution < -0.4 is 10.6 Å². The Labute approximate surface area is 151 Å². The molecule has 1 fully saturated rings. The second-order valence-corrected chi connectivity index (χ2v) is 5.98. The molecule has 0 amide bonds. The normalized spacial score (nSPS) is 17.6. The molecule has 0 saturated heterocycles. The molecule has 0 aromatic heterocycles. The zero-order valence-corrected chi connectivity index (χ0v) is 16.4. The van der Waals surface area contributed by atoms with E-state index in [-0.39, 0.29) is 30.0 Å². The van der Waals surface area contributed by atoms with Gasteiger partial charge in [0.05, 0.1) is 6.04 Å². The highest BCUT2D eigenvalue weighted by Gasteiger charge is 2.28. The van der Waals surface area contributed by atoms with Crippen molar-refractivity contribution in [1.29, 1.82) is 0 Å². The van der Waals surface area contributed by atoms with Crippen molar-refractivity contribution in [3.05, 3.63) is 35.9 Å². The van der Waals surface area contributed by atoms with Gasteiger partial charge in [0.1, 0.15) is 0 Å². The summed E-state index contributed by atoms with van der Waals surface area (Å²) in [6.45, 7) is 5.33. The smallest absolute Gasteiger partial charge is 0.191 e. The van der Waals surface area contributed by atoms with Crippen LogP contribution in [0.3, 0.4) is 0 Å². The van der Waals surface area contributed by atoms with E-state index in [1.807, 2.05) is 13.1 Å². The minimum absolute atomic E-state index is 0. The molecule has 4 nitrogen and oxygen atoms in total. The fourth-order valence-electron chi connectivity index (χ4n) is 2.45. The summed E-state index contributed by atoms with van der Waals surface area (Å²) >= 11 is 0. The van der Waals surface area contributed by atoms with Crippen molar-refractivity contribution in [2.24, 2.45) is 4.99 Å². The number of benzene rings is 1.